The molecular formula is C22H30Cl2N4O2. The predicted octanol–water partition coefficient (Wildman–Crippen LogP) is 3.82. The Morgan fingerprint density at radius 1 is 1.07 bits per heavy atom. The third-order valence-corrected chi connectivity index (χ3v) is 5.34. The Bertz CT molecular complexity index is 781. The van der Waals surface area contributed by atoms with Crippen molar-refractivity contribution in [2.24, 2.45) is 11.8 Å². The van der Waals surface area contributed by atoms with Crippen LogP contribution in [0, 0.1) is 11.8 Å². The van der Waals surface area contributed by atoms with Crippen LogP contribution in [0.4, 0.5) is 5.69 Å². The van der Waals surface area contributed by atoms with Crippen molar-refractivity contribution in [1.82, 2.24) is 15.6 Å². The van der Waals surface area contributed by atoms with Gasteiger partial charge in [-0.25, -0.2) is 0 Å². The molecule has 0 saturated carbocycles. The molecule has 3 N–H and O–H groups in total. The summed E-state index contributed by atoms with van der Waals surface area (Å²) < 4.78 is 0. The van der Waals surface area contributed by atoms with Gasteiger partial charge < -0.3 is 16.0 Å². The van der Waals surface area contributed by atoms with Gasteiger partial charge in [0.15, 0.2) is 0 Å². The van der Waals surface area contributed by atoms with Gasteiger partial charge in [-0.1, -0.05) is 19.1 Å². The number of hydrogen-bond acceptors (Lipinski definition) is 4. The fourth-order valence-corrected chi connectivity index (χ4v) is 3.56. The van der Waals surface area contributed by atoms with Crippen LogP contribution in [-0.4, -0.2) is 29.9 Å². The molecule has 2 aromatic rings. The summed E-state index contributed by atoms with van der Waals surface area (Å²) in [6, 6.07) is 10.8. The van der Waals surface area contributed by atoms with E-state index < -0.39 is 0 Å². The summed E-state index contributed by atoms with van der Waals surface area (Å²) >= 11 is 0. The van der Waals surface area contributed by atoms with Crippen LogP contribution in [0.3, 0.4) is 0 Å². The Hall–Kier alpha value is -2.15. The van der Waals surface area contributed by atoms with E-state index >= 15 is 0 Å². The largest absolute Gasteiger partial charge is 0.352 e. The Kier molecular flexibility index (Phi) is 11.4. The van der Waals surface area contributed by atoms with Gasteiger partial charge in [-0.3, -0.25) is 14.6 Å². The van der Waals surface area contributed by atoms with Crippen molar-refractivity contribution in [2.75, 3.05) is 18.4 Å². The first-order valence-corrected chi connectivity index (χ1v) is 9.89. The van der Waals surface area contributed by atoms with Crippen molar-refractivity contribution in [2.45, 2.75) is 32.7 Å². The maximum absolute atomic E-state index is 12.3. The van der Waals surface area contributed by atoms with Crippen molar-refractivity contribution in [3.05, 3.63) is 59.9 Å². The number of amides is 2. The average Bonchev–Trinajstić information content (AvgIpc) is 2.74. The monoisotopic (exact) mass is 452 g/mol. The van der Waals surface area contributed by atoms with Crippen molar-refractivity contribution >= 4 is 42.3 Å². The lowest BCUT2D eigenvalue weighted by Crippen LogP contribution is -2.33. The smallest absolute Gasteiger partial charge is 0.255 e. The molecule has 1 aliphatic heterocycles. The molecule has 8 heteroatoms. The second-order valence-corrected chi connectivity index (χ2v) is 7.43. The number of rotatable bonds is 7. The first-order chi connectivity index (χ1) is 13.6. The van der Waals surface area contributed by atoms with Crippen molar-refractivity contribution in [3.8, 4) is 0 Å². The number of aromatic nitrogens is 1. The average molecular weight is 453 g/mol. The normalized spacial score (nSPS) is 14.6. The summed E-state index contributed by atoms with van der Waals surface area (Å²) in [6.45, 7) is 4.76. The summed E-state index contributed by atoms with van der Waals surface area (Å²) in [5.74, 6) is 0.953. The number of hydrogen-bond donors (Lipinski definition) is 3. The van der Waals surface area contributed by atoms with Crippen LogP contribution in [0.5, 0.6) is 0 Å². The zero-order valence-electron chi connectivity index (χ0n) is 17.1. The molecule has 1 aliphatic rings. The molecule has 0 bridgehead atoms. The van der Waals surface area contributed by atoms with Gasteiger partial charge in [-0.15, -0.1) is 24.8 Å². The minimum Gasteiger partial charge on any atom is -0.352 e. The third-order valence-electron chi connectivity index (χ3n) is 5.34. The summed E-state index contributed by atoms with van der Waals surface area (Å²) in [7, 11) is 0. The molecule has 30 heavy (non-hydrogen) atoms. The van der Waals surface area contributed by atoms with E-state index in [1.54, 1.807) is 36.7 Å². The highest BCUT2D eigenvalue weighted by Gasteiger charge is 2.21. The van der Waals surface area contributed by atoms with E-state index in [1.165, 1.54) is 0 Å². The number of nitrogens with one attached hydrogen (secondary N) is 3. The van der Waals surface area contributed by atoms with Gasteiger partial charge in [-0.2, -0.15) is 0 Å². The van der Waals surface area contributed by atoms with Gasteiger partial charge >= 0.3 is 0 Å². The molecule has 0 spiro atoms. The highest BCUT2D eigenvalue weighted by atomic mass is 35.5. The number of carbonyl (C=O) groups is 2. The van der Waals surface area contributed by atoms with Crippen LogP contribution < -0.4 is 16.0 Å². The van der Waals surface area contributed by atoms with Crippen LogP contribution in [-0.2, 0) is 11.3 Å². The first-order valence-electron chi connectivity index (χ1n) is 9.89. The number of benzene rings is 1. The molecule has 1 unspecified atom stereocenters. The standard InChI is InChI=1S/C22H28N4O2.2ClH/c1-16(18-6-10-23-11-7-18)14-21(27)25-15-17-2-4-19(5-3-17)22(28)26-20-8-12-24-13-9-20;;/h2-5,8-9,12-13,16,18,23H,6-7,10-11,14-15H2,1H3,(H,25,27)(H,24,26,28);2*1H. The Morgan fingerprint density at radius 3 is 2.33 bits per heavy atom. The van der Waals surface area contributed by atoms with Crippen LogP contribution in [0.1, 0.15) is 42.1 Å². The van der Waals surface area contributed by atoms with Crippen molar-refractivity contribution < 1.29 is 9.59 Å². The molecule has 0 aliphatic carbocycles. The van der Waals surface area contributed by atoms with Gasteiger partial charge in [0.1, 0.15) is 0 Å². The fraction of sp³-hybridized carbons (Fsp3) is 0.409. The van der Waals surface area contributed by atoms with E-state index in [0.29, 0.717) is 36.1 Å². The van der Waals surface area contributed by atoms with Crippen molar-refractivity contribution in [3.63, 3.8) is 0 Å². The van der Waals surface area contributed by atoms with E-state index in [2.05, 4.69) is 27.9 Å². The molecule has 164 valence electrons. The number of pyridine rings is 1. The molecular weight excluding hydrogens is 423 g/mol. The number of halogens is 2. The fourth-order valence-electron chi connectivity index (χ4n) is 3.56. The lowest BCUT2D eigenvalue weighted by atomic mass is 9.84. The highest BCUT2D eigenvalue weighted by Crippen LogP contribution is 2.24. The summed E-state index contributed by atoms with van der Waals surface area (Å²) in [5.41, 5.74) is 2.26. The van der Waals surface area contributed by atoms with Crippen LogP contribution in [0.2, 0.25) is 0 Å². The van der Waals surface area contributed by atoms with Gasteiger partial charge in [0.2, 0.25) is 5.91 Å². The van der Waals surface area contributed by atoms with Gasteiger partial charge in [0.05, 0.1) is 0 Å². The van der Waals surface area contributed by atoms with E-state index in [9.17, 15) is 9.59 Å². The van der Waals surface area contributed by atoms with Gasteiger partial charge in [0, 0.05) is 36.6 Å². The lowest BCUT2D eigenvalue weighted by Gasteiger charge is -2.27. The maximum Gasteiger partial charge on any atom is 0.255 e. The SMILES string of the molecule is CC(CC(=O)NCc1ccc(C(=O)Nc2ccncc2)cc1)C1CCNCC1.Cl.Cl. The van der Waals surface area contributed by atoms with Gasteiger partial charge in [-0.05, 0) is 67.6 Å². The zero-order chi connectivity index (χ0) is 19.8. The Balaban J connectivity index is 0.00000225. The highest BCUT2D eigenvalue weighted by molar-refractivity contribution is 6.04. The number of piperidine rings is 1. The summed E-state index contributed by atoms with van der Waals surface area (Å²) in [5, 5.41) is 9.19. The quantitative estimate of drug-likeness (QED) is 0.595. The van der Waals surface area contributed by atoms with E-state index in [1.807, 2.05) is 12.1 Å². The molecule has 1 saturated heterocycles. The minimum atomic E-state index is -0.169. The molecule has 2 heterocycles. The van der Waals surface area contributed by atoms with E-state index in [-0.39, 0.29) is 36.6 Å². The van der Waals surface area contributed by atoms with Crippen LogP contribution in [0.25, 0.3) is 0 Å². The summed E-state index contributed by atoms with van der Waals surface area (Å²) in [6.07, 6.45) is 6.13. The predicted molar refractivity (Wildman–Crippen MR) is 124 cm³/mol. The number of nitrogens with zero attached hydrogens (tertiary/aromatic N) is 1. The Labute approximate surface area is 190 Å². The molecule has 1 aromatic heterocycles. The molecule has 6 nitrogen and oxygen atoms in total. The molecule has 0 radical (unpaired) electrons. The second-order valence-electron chi connectivity index (χ2n) is 7.43. The Morgan fingerprint density at radius 2 is 1.70 bits per heavy atom. The molecule has 1 aromatic carbocycles. The summed E-state index contributed by atoms with van der Waals surface area (Å²) in [4.78, 5) is 28.4. The van der Waals surface area contributed by atoms with Gasteiger partial charge in [0.25, 0.3) is 5.91 Å². The van der Waals surface area contributed by atoms with E-state index in [0.717, 1.165) is 31.5 Å². The van der Waals surface area contributed by atoms with Crippen LogP contribution in [0.15, 0.2) is 48.8 Å². The second kappa shape index (κ2) is 13.2. The molecule has 2 amide bonds. The van der Waals surface area contributed by atoms with Crippen LogP contribution >= 0.6 is 24.8 Å². The van der Waals surface area contributed by atoms with Crippen molar-refractivity contribution in [1.29, 1.82) is 0 Å². The zero-order valence-corrected chi connectivity index (χ0v) is 18.7. The number of carbonyl (C=O) groups excluding carboxylic acids is 2. The lowest BCUT2D eigenvalue weighted by molar-refractivity contribution is -0.122. The molecule has 1 atom stereocenters. The minimum absolute atomic E-state index is 0. The molecule has 1 fully saturated rings. The molecule has 3 rings (SSSR count). The third kappa shape index (κ3) is 7.94. The maximum atomic E-state index is 12.3. The van der Waals surface area contributed by atoms with E-state index in [4.69, 9.17) is 0 Å². The topological polar surface area (TPSA) is 83.1 Å². The number of anilines is 1. The first kappa shape index (κ1) is 25.9.